The van der Waals surface area contributed by atoms with Crippen molar-refractivity contribution in [2.45, 2.75) is 85.5 Å². The minimum Gasteiger partial charge on any atom is -0.0750 e. The second-order valence-electron chi connectivity index (χ2n) is 10.8. The van der Waals surface area contributed by atoms with E-state index >= 15 is 0 Å². The van der Waals surface area contributed by atoms with Gasteiger partial charge < -0.3 is 0 Å². The van der Waals surface area contributed by atoms with Gasteiger partial charge in [0.2, 0.25) is 0 Å². The fraction of sp³-hybridized carbons (Fsp3) is 0.361. The van der Waals surface area contributed by atoms with E-state index in [0.717, 1.165) is 0 Å². The van der Waals surface area contributed by atoms with Crippen molar-refractivity contribution in [2.24, 2.45) is 0 Å². The molecule has 0 N–H and O–H groups in total. The molecule has 0 nitrogen and oxygen atoms in total. The van der Waals surface area contributed by atoms with Gasteiger partial charge in [-0.25, -0.2) is 0 Å². The normalized spacial score (nSPS) is 13.8. The molecule has 1 aliphatic carbocycles. The summed E-state index contributed by atoms with van der Waals surface area (Å²) in [5, 5.41) is 4.47. The third kappa shape index (κ3) is 6.09. The van der Waals surface area contributed by atoms with Gasteiger partial charge in [-0.15, -0.1) is 0 Å². The van der Waals surface area contributed by atoms with E-state index in [0.29, 0.717) is 0 Å². The van der Waals surface area contributed by atoms with Crippen LogP contribution < -0.4 is 15.6 Å². The molecule has 193 valence electrons. The van der Waals surface area contributed by atoms with Gasteiger partial charge in [0.1, 0.15) is 0 Å². The fourth-order valence-corrected chi connectivity index (χ4v) is 10.8. The first kappa shape index (κ1) is 27.4. The molecule has 0 aromatic heterocycles. The molecule has 0 fully saturated rings. The largest absolute Gasteiger partial charge is 0.163 e. The van der Waals surface area contributed by atoms with Crippen LogP contribution in [0.5, 0.6) is 0 Å². The van der Waals surface area contributed by atoms with Crippen LogP contribution in [0.15, 0.2) is 96.6 Å². The Bertz CT molecular complexity index is 1040. The number of unbranched alkanes of at least 4 members (excludes halogenated alkanes) is 3. The van der Waals surface area contributed by atoms with Crippen molar-refractivity contribution >= 4 is 23.6 Å². The summed E-state index contributed by atoms with van der Waals surface area (Å²) in [5.74, 6) is 0. The van der Waals surface area contributed by atoms with Crippen LogP contribution in [0.2, 0.25) is 0 Å². The van der Waals surface area contributed by atoms with E-state index in [1.165, 1.54) is 101 Å². The second-order valence-corrected chi connectivity index (χ2v) is 14.5. The monoisotopic (exact) mass is 505 g/mol. The number of hydrogen-bond donors (Lipinski definition) is 0. The molecular formula is C36H45Si. The molecule has 1 aliphatic rings. The predicted octanol–water partition coefficient (Wildman–Crippen LogP) is 7.81. The summed E-state index contributed by atoms with van der Waals surface area (Å²) in [6, 6.07) is 29.1. The van der Waals surface area contributed by atoms with Crippen LogP contribution in [0.1, 0.15) is 82.9 Å². The molecule has 0 saturated heterocycles. The first-order chi connectivity index (χ1) is 18.1. The summed E-state index contributed by atoms with van der Waals surface area (Å²) in [6.07, 6.45) is 17.9. The van der Waals surface area contributed by atoms with Gasteiger partial charge >= 0.3 is 0 Å². The maximum Gasteiger partial charge on any atom is 0.163 e. The van der Waals surface area contributed by atoms with E-state index in [1.807, 2.05) is 0 Å². The minimum absolute atomic E-state index is 1.17. The summed E-state index contributed by atoms with van der Waals surface area (Å²) in [4.78, 5) is 0. The number of aryl methyl sites for hydroxylation is 3. The van der Waals surface area contributed by atoms with Crippen molar-refractivity contribution in [1.82, 2.24) is 0 Å². The van der Waals surface area contributed by atoms with Gasteiger partial charge in [0, 0.05) is 5.54 Å². The number of rotatable bonds is 13. The Morgan fingerprint density at radius 1 is 0.514 bits per heavy atom. The lowest BCUT2D eigenvalue weighted by molar-refractivity contribution is 0.795. The highest BCUT2D eigenvalue weighted by Gasteiger charge is 2.47. The molecule has 0 spiro atoms. The Balaban J connectivity index is 1.88. The number of hydrogen-bond acceptors (Lipinski definition) is 0. The molecule has 0 amide bonds. The van der Waals surface area contributed by atoms with Crippen LogP contribution in [-0.4, -0.2) is 8.07 Å². The van der Waals surface area contributed by atoms with Gasteiger partial charge in [0.05, 0.1) is 0 Å². The molecule has 0 unspecified atom stereocenters. The van der Waals surface area contributed by atoms with Crippen molar-refractivity contribution in [3.63, 3.8) is 0 Å². The van der Waals surface area contributed by atoms with E-state index < -0.39 is 8.07 Å². The van der Waals surface area contributed by atoms with Crippen molar-refractivity contribution in [3.05, 3.63) is 119 Å². The standard InChI is InChI=1S/C36H45Si/c1-5-8-13-30-17-23-33(24-18-30)37(36-16-11-12-29(36)4,34-25-19-31(20-26-34)14-9-6-2)35-27-21-32(22-28-35)15-10-7-3/h11-12,16-28H,5-10,13-15H2,1-4H3. The second kappa shape index (κ2) is 13.2. The lowest BCUT2D eigenvalue weighted by Gasteiger charge is -2.39. The Morgan fingerprint density at radius 2 is 0.865 bits per heavy atom. The Labute approximate surface area is 227 Å². The van der Waals surface area contributed by atoms with Crippen molar-refractivity contribution in [3.8, 4) is 0 Å². The van der Waals surface area contributed by atoms with Crippen molar-refractivity contribution in [2.75, 3.05) is 0 Å². The van der Waals surface area contributed by atoms with Gasteiger partial charge in [-0.3, -0.25) is 0 Å². The highest BCUT2D eigenvalue weighted by molar-refractivity contribution is 7.15. The number of allylic oxidation sites excluding steroid dienone is 4. The molecule has 37 heavy (non-hydrogen) atoms. The molecule has 3 aromatic carbocycles. The molecule has 1 heteroatoms. The van der Waals surface area contributed by atoms with Crippen LogP contribution in [0.25, 0.3) is 0 Å². The summed E-state index contributed by atoms with van der Waals surface area (Å²) < 4.78 is 0. The SMILES string of the molecule is CCCCc1ccc([Si]([C]2C=CC=C2C)(c2ccc(CCCC)cc2)c2ccc(CCCC)cc2)cc1. The van der Waals surface area contributed by atoms with Gasteiger partial charge in [0.15, 0.2) is 8.07 Å². The fourth-order valence-electron chi connectivity index (χ4n) is 5.80. The van der Waals surface area contributed by atoms with E-state index in [1.54, 1.807) is 0 Å². The van der Waals surface area contributed by atoms with Crippen LogP contribution in [-0.2, 0) is 19.3 Å². The smallest absolute Gasteiger partial charge is 0.0750 e. The molecule has 4 rings (SSSR count). The third-order valence-electron chi connectivity index (χ3n) is 8.06. The molecule has 0 heterocycles. The Morgan fingerprint density at radius 3 is 1.14 bits per heavy atom. The quantitative estimate of drug-likeness (QED) is 0.164. The molecule has 0 atom stereocenters. The van der Waals surface area contributed by atoms with Crippen LogP contribution in [0, 0.1) is 5.54 Å². The molecule has 3 aromatic rings. The zero-order chi connectivity index (χ0) is 26.1. The van der Waals surface area contributed by atoms with E-state index in [2.05, 4.69) is 119 Å². The molecular weight excluding hydrogens is 460 g/mol. The Kier molecular flexibility index (Phi) is 9.80. The summed E-state index contributed by atoms with van der Waals surface area (Å²) in [7, 11) is -2.45. The maximum atomic E-state index is 2.46. The molecule has 1 radical (unpaired) electrons. The molecule has 0 bridgehead atoms. The third-order valence-corrected chi connectivity index (χ3v) is 13.0. The molecule has 0 aliphatic heterocycles. The average Bonchev–Trinajstić information content (AvgIpc) is 3.38. The van der Waals surface area contributed by atoms with E-state index in [4.69, 9.17) is 0 Å². The molecule has 0 saturated carbocycles. The summed E-state index contributed by atoms with van der Waals surface area (Å²) in [6.45, 7) is 9.13. The Hall–Kier alpha value is -2.64. The van der Waals surface area contributed by atoms with Crippen LogP contribution in [0.3, 0.4) is 0 Å². The van der Waals surface area contributed by atoms with Gasteiger partial charge in [-0.2, -0.15) is 0 Å². The first-order valence-electron chi connectivity index (χ1n) is 14.6. The van der Waals surface area contributed by atoms with Gasteiger partial charge in [0.25, 0.3) is 0 Å². The zero-order valence-electron chi connectivity index (χ0n) is 23.5. The van der Waals surface area contributed by atoms with Crippen molar-refractivity contribution in [1.29, 1.82) is 0 Å². The first-order valence-corrected chi connectivity index (χ1v) is 16.6. The highest BCUT2D eigenvalue weighted by Crippen LogP contribution is 2.32. The number of benzene rings is 3. The topological polar surface area (TPSA) is 0 Å². The average molecular weight is 506 g/mol. The van der Waals surface area contributed by atoms with Crippen molar-refractivity contribution < 1.29 is 0 Å². The zero-order valence-corrected chi connectivity index (χ0v) is 24.5. The van der Waals surface area contributed by atoms with E-state index in [-0.39, 0.29) is 0 Å². The predicted molar refractivity (Wildman–Crippen MR) is 166 cm³/mol. The van der Waals surface area contributed by atoms with Gasteiger partial charge in [-0.1, -0.05) is 137 Å². The minimum atomic E-state index is -2.45. The maximum absolute atomic E-state index is 2.46. The van der Waals surface area contributed by atoms with Crippen LogP contribution >= 0.6 is 0 Å². The highest BCUT2D eigenvalue weighted by atomic mass is 28.3. The van der Waals surface area contributed by atoms with Crippen LogP contribution in [0.4, 0.5) is 0 Å². The van der Waals surface area contributed by atoms with E-state index in [9.17, 15) is 0 Å². The van der Waals surface area contributed by atoms with Gasteiger partial charge in [-0.05, 0) is 77.7 Å². The summed E-state index contributed by atoms with van der Waals surface area (Å²) in [5.41, 5.74) is 7.30. The summed E-state index contributed by atoms with van der Waals surface area (Å²) >= 11 is 0. The lowest BCUT2D eigenvalue weighted by Crippen LogP contribution is -2.70. The lowest BCUT2D eigenvalue weighted by atomic mass is 10.1.